The van der Waals surface area contributed by atoms with Crippen molar-refractivity contribution in [2.45, 2.75) is 26.7 Å². The third kappa shape index (κ3) is 2.93. The number of carboxylic acid groups (broad SMARTS) is 1. The van der Waals surface area contributed by atoms with Crippen molar-refractivity contribution < 1.29 is 9.90 Å². The van der Waals surface area contributed by atoms with Gasteiger partial charge >= 0.3 is 5.97 Å². The summed E-state index contributed by atoms with van der Waals surface area (Å²) in [5.41, 5.74) is 4.28. The van der Waals surface area contributed by atoms with Crippen molar-refractivity contribution in [2.24, 2.45) is 7.05 Å². The molecule has 0 unspecified atom stereocenters. The summed E-state index contributed by atoms with van der Waals surface area (Å²) < 4.78 is 2.78. The summed E-state index contributed by atoms with van der Waals surface area (Å²) in [5.74, 6) is -0.0346. The van der Waals surface area contributed by atoms with Crippen LogP contribution in [0.3, 0.4) is 0 Å². The highest BCUT2D eigenvalue weighted by Crippen LogP contribution is 2.31. The number of benzene rings is 1. The van der Waals surface area contributed by atoms with Crippen LogP contribution in [0.4, 0.5) is 0 Å². The number of carbonyl (C=O) groups is 1. The summed E-state index contributed by atoms with van der Waals surface area (Å²) >= 11 is 3.56. The van der Waals surface area contributed by atoms with Crippen LogP contribution < -0.4 is 0 Å². The number of rotatable bonds is 4. The fraction of sp³-hybridized carbons (Fsp3) is 0.333. The molecule has 0 amide bonds. The van der Waals surface area contributed by atoms with Gasteiger partial charge in [-0.05, 0) is 41.4 Å². The molecular weight excluding hydrogens is 320 g/mol. The van der Waals surface area contributed by atoms with Crippen LogP contribution in [0.25, 0.3) is 11.3 Å². The fourth-order valence-corrected chi connectivity index (χ4v) is 2.63. The molecule has 106 valence electrons. The first-order valence-corrected chi connectivity index (χ1v) is 7.20. The Morgan fingerprint density at radius 1 is 1.40 bits per heavy atom. The van der Waals surface area contributed by atoms with Crippen LogP contribution >= 0.6 is 15.9 Å². The first-order chi connectivity index (χ1) is 9.40. The van der Waals surface area contributed by atoms with Crippen LogP contribution in [0.5, 0.6) is 0 Å². The van der Waals surface area contributed by atoms with E-state index in [1.807, 2.05) is 25.5 Å². The normalized spacial score (nSPS) is 10.8. The van der Waals surface area contributed by atoms with Crippen molar-refractivity contribution in [3.63, 3.8) is 0 Å². The molecule has 20 heavy (non-hydrogen) atoms. The number of carboxylic acids is 1. The van der Waals surface area contributed by atoms with Crippen molar-refractivity contribution in [3.05, 3.63) is 39.8 Å². The highest BCUT2D eigenvalue weighted by atomic mass is 79.9. The smallest absolute Gasteiger partial charge is 0.303 e. The summed E-state index contributed by atoms with van der Waals surface area (Å²) in [7, 11) is 1.89. The number of aromatic nitrogens is 2. The monoisotopic (exact) mass is 336 g/mol. The van der Waals surface area contributed by atoms with Crippen LogP contribution in [0.1, 0.15) is 23.4 Å². The lowest BCUT2D eigenvalue weighted by Gasteiger charge is -2.05. The van der Waals surface area contributed by atoms with Gasteiger partial charge in [0.15, 0.2) is 0 Å². The Morgan fingerprint density at radius 2 is 2.10 bits per heavy atom. The molecule has 1 aromatic carbocycles. The maximum Gasteiger partial charge on any atom is 0.303 e. The van der Waals surface area contributed by atoms with E-state index in [0.29, 0.717) is 6.42 Å². The molecule has 4 nitrogen and oxygen atoms in total. The number of nitrogens with zero attached hydrogens (tertiary/aromatic N) is 2. The van der Waals surface area contributed by atoms with Crippen LogP contribution in [0, 0.1) is 13.8 Å². The van der Waals surface area contributed by atoms with Gasteiger partial charge in [0.2, 0.25) is 0 Å². The highest BCUT2D eigenvalue weighted by molar-refractivity contribution is 9.10. The molecule has 1 N–H and O–H groups in total. The van der Waals surface area contributed by atoms with Gasteiger partial charge in [-0.3, -0.25) is 4.79 Å². The molecule has 2 aromatic rings. The van der Waals surface area contributed by atoms with Crippen molar-refractivity contribution in [1.29, 1.82) is 0 Å². The van der Waals surface area contributed by atoms with Gasteiger partial charge in [-0.1, -0.05) is 17.7 Å². The standard InChI is InChI=1S/C15H17BrN2O2/c1-9-4-5-10(2)11(8-9)14-15(16)18(3)12(17-14)6-7-13(19)20/h4-5,8H,6-7H2,1-3H3,(H,19,20). The van der Waals surface area contributed by atoms with Gasteiger partial charge < -0.3 is 9.67 Å². The zero-order valence-electron chi connectivity index (χ0n) is 11.8. The third-order valence-electron chi connectivity index (χ3n) is 3.33. The maximum absolute atomic E-state index is 10.7. The zero-order chi connectivity index (χ0) is 14.9. The Hall–Kier alpha value is -1.62. The third-order valence-corrected chi connectivity index (χ3v) is 4.24. The lowest BCUT2D eigenvalue weighted by atomic mass is 10.0. The van der Waals surface area contributed by atoms with Gasteiger partial charge in [-0.2, -0.15) is 0 Å². The molecule has 0 aliphatic rings. The average molecular weight is 337 g/mol. The van der Waals surface area contributed by atoms with Gasteiger partial charge in [-0.25, -0.2) is 4.98 Å². The second kappa shape index (κ2) is 5.79. The lowest BCUT2D eigenvalue weighted by Crippen LogP contribution is -2.03. The first-order valence-electron chi connectivity index (χ1n) is 6.40. The minimum atomic E-state index is -0.808. The van der Waals surface area contributed by atoms with E-state index >= 15 is 0 Å². The molecule has 0 atom stereocenters. The Kier molecular flexibility index (Phi) is 4.28. The van der Waals surface area contributed by atoms with Crippen molar-refractivity contribution in [1.82, 2.24) is 9.55 Å². The number of hydrogen-bond acceptors (Lipinski definition) is 2. The number of imidazole rings is 1. The number of aryl methyl sites for hydroxylation is 3. The summed E-state index contributed by atoms with van der Waals surface area (Å²) in [4.78, 5) is 15.3. The van der Waals surface area contributed by atoms with Gasteiger partial charge in [0.25, 0.3) is 0 Å². The molecule has 0 bridgehead atoms. The molecular formula is C15H17BrN2O2. The molecule has 0 spiro atoms. The van der Waals surface area contributed by atoms with Crippen LogP contribution in [-0.4, -0.2) is 20.6 Å². The summed E-state index contributed by atoms with van der Waals surface area (Å²) in [6.45, 7) is 4.10. The average Bonchev–Trinajstić information content (AvgIpc) is 2.67. The van der Waals surface area contributed by atoms with Gasteiger partial charge in [0.1, 0.15) is 16.1 Å². The Bertz CT molecular complexity index is 662. The van der Waals surface area contributed by atoms with Crippen molar-refractivity contribution in [3.8, 4) is 11.3 Å². The summed E-state index contributed by atoms with van der Waals surface area (Å²) in [6.07, 6.45) is 0.513. The molecule has 5 heteroatoms. The zero-order valence-corrected chi connectivity index (χ0v) is 13.4. The second-order valence-electron chi connectivity index (χ2n) is 4.94. The van der Waals surface area contributed by atoms with Crippen LogP contribution in [0.2, 0.25) is 0 Å². The van der Waals surface area contributed by atoms with E-state index in [1.165, 1.54) is 5.56 Å². The summed E-state index contributed by atoms with van der Waals surface area (Å²) in [6, 6.07) is 6.24. The maximum atomic E-state index is 10.7. The van der Waals surface area contributed by atoms with E-state index < -0.39 is 5.97 Å². The minimum absolute atomic E-state index is 0.0868. The molecule has 0 radical (unpaired) electrons. The minimum Gasteiger partial charge on any atom is -0.481 e. The second-order valence-corrected chi connectivity index (χ2v) is 5.69. The predicted octanol–water partition coefficient (Wildman–Crippen LogP) is 3.48. The largest absolute Gasteiger partial charge is 0.481 e. The van der Waals surface area contributed by atoms with E-state index in [4.69, 9.17) is 5.11 Å². The predicted molar refractivity (Wildman–Crippen MR) is 81.8 cm³/mol. The Morgan fingerprint density at radius 3 is 2.75 bits per heavy atom. The molecule has 0 fully saturated rings. The molecule has 0 aliphatic carbocycles. The van der Waals surface area contributed by atoms with Gasteiger partial charge in [0.05, 0.1) is 6.42 Å². The van der Waals surface area contributed by atoms with Crippen LogP contribution in [0.15, 0.2) is 22.8 Å². The number of aliphatic carboxylic acids is 1. The quantitative estimate of drug-likeness (QED) is 0.929. The molecule has 1 aromatic heterocycles. The van der Waals surface area contributed by atoms with E-state index in [-0.39, 0.29) is 6.42 Å². The highest BCUT2D eigenvalue weighted by Gasteiger charge is 2.16. The molecule has 0 aliphatic heterocycles. The molecule has 0 saturated carbocycles. The van der Waals surface area contributed by atoms with Gasteiger partial charge in [-0.15, -0.1) is 0 Å². The van der Waals surface area contributed by atoms with E-state index in [0.717, 1.165) is 27.2 Å². The SMILES string of the molecule is Cc1ccc(C)c(-c2nc(CCC(=O)O)n(C)c2Br)c1. The molecule has 1 heterocycles. The topological polar surface area (TPSA) is 55.1 Å². The number of halogens is 1. The molecule has 2 rings (SSSR count). The fourth-order valence-electron chi connectivity index (χ4n) is 2.13. The van der Waals surface area contributed by atoms with Crippen molar-refractivity contribution in [2.75, 3.05) is 0 Å². The summed E-state index contributed by atoms with van der Waals surface area (Å²) in [5, 5.41) is 8.79. The molecule has 0 saturated heterocycles. The van der Waals surface area contributed by atoms with Crippen molar-refractivity contribution >= 4 is 21.9 Å². The Labute approximate surface area is 126 Å². The van der Waals surface area contributed by atoms with Gasteiger partial charge in [0, 0.05) is 19.0 Å². The van der Waals surface area contributed by atoms with E-state index in [1.54, 1.807) is 0 Å². The van der Waals surface area contributed by atoms with Crippen LogP contribution in [-0.2, 0) is 18.3 Å². The first kappa shape index (κ1) is 14.8. The van der Waals surface area contributed by atoms with E-state index in [9.17, 15) is 4.79 Å². The lowest BCUT2D eigenvalue weighted by molar-refractivity contribution is -0.137. The number of hydrogen-bond donors (Lipinski definition) is 1. The van der Waals surface area contributed by atoms with E-state index in [2.05, 4.69) is 39.1 Å². The Balaban J connectivity index is 2.45.